The molecule has 0 aliphatic heterocycles. The average molecular weight is 272 g/mol. The van der Waals surface area contributed by atoms with Gasteiger partial charge in [-0.3, -0.25) is 0 Å². The maximum absolute atomic E-state index is 12.0. The molecule has 102 valence electrons. The largest absolute Gasteiger partial charge is 0.396 e. The summed E-state index contributed by atoms with van der Waals surface area (Å²) in [5.74, 6) is 0.0693. The van der Waals surface area contributed by atoms with Crippen molar-refractivity contribution in [2.24, 2.45) is 5.92 Å². The summed E-state index contributed by atoms with van der Waals surface area (Å²) in [6.07, 6.45) is 0. The Morgan fingerprint density at radius 2 is 2.00 bits per heavy atom. The van der Waals surface area contributed by atoms with Gasteiger partial charge in [0.15, 0.2) is 0 Å². The number of benzene rings is 1. The highest BCUT2D eigenvalue weighted by atomic mass is 32.2. The van der Waals surface area contributed by atoms with Crippen molar-refractivity contribution in [1.82, 2.24) is 4.72 Å². The number of hydrogen-bond acceptors (Lipinski definition) is 4. The van der Waals surface area contributed by atoms with Crippen molar-refractivity contribution in [3.8, 4) is 0 Å². The van der Waals surface area contributed by atoms with Crippen LogP contribution >= 0.6 is 0 Å². The van der Waals surface area contributed by atoms with Crippen molar-refractivity contribution in [3.05, 3.63) is 24.3 Å². The number of rotatable bonds is 7. The van der Waals surface area contributed by atoms with E-state index in [1.807, 2.05) is 6.92 Å². The first-order valence-corrected chi connectivity index (χ1v) is 7.43. The molecule has 0 aliphatic rings. The summed E-state index contributed by atoms with van der Waals surface area (Å²) in [5, 5.41) is 12.0. The second-order valence-electron chi connectivity index (χ2n) is 4.17. The fourth-order valence-corrected chi connectivity index (χ4v) is 2.69. The van der Waals surface area contributed by atoms with Crippen molar-refractivity contribution in [2.45, 2.75) is 18.7 Å². The SMILES string of the molecule is CCNS(=O)(=O)c1ccccc1NCC(C)CO. The third-order valence-corrected chi connectivity index (χ3v) is 4.07. The smallest absolute Gasteiger partial charge is 0.242 e. The van der Waals surface area contributed by atoms with Gasteiger partial charge in [-0.25, -0.2) is 13.1 Å². The Morgan fingerprint density at radius 3 is 2.61 bits per heavy atom. The molecule has 5 nitrogen and oxygen atoms in total. The maximum Gasteiger partial charge on any atom is 0.242 e. The van der Waals surface area contributed by atoms with E-state index in [1.165, 1.54) is 0 Å². The minimum absolute atomic E-state index is 0.0646. The minimum Gasteiger partial charge on any atom is -0.396 e. The van der Waals surface area contributed by atoms with Gasteiger partial charge in [0.25, 0.3) is 0 Å². The van der Waals surface area contributed by atoms with Crippen molar-refractivity contribution in [3.63, 3.8) is 0 Å². The molecule has 1 aromatic carbocycles. The topological polar surface area (TPSA) is 78.4 Å². The van der Waals surface area contributed by atoms with Crippen molar-refractivity contribution >= 4 is 15.7 Å². The van der Waals surface area contributed by atoms with Gasteiger partial charge < -0.3 is 10.4 Å². The van der Waals surface area contributed by atoms with Gasteiger partial charge in [0.05, 0.1) is 5.69 Å². The van der Waals surface area contributed by atoms with Crippen LogP contribution in [0.5, 0.6) is 0 Å². The first-order chi connectivity index (χ1) is 8.51. The lowest BCUT2D eigenvalue weighted by molar-refractivity contribution is 0.244. The predicted octanol–water partition coefficient (Wildman–Crippen LogP) is 1.03. The lowest BCUT2D eigenvalue weighted by atomic mass is 10.2. The summed E-state index contributed by atoms with van der Waals surface area (Å²) in [5.41, 5.74) is 0.554. The molecule has 1 unspecified atom stereocenters. The molecule has 0 bridgehead atoms. The molecule has 1 atom stereocenters. The Balaban J connectivity index is 2.93. The molecular weight excluding hydrogens is 252 g/mol. The monoisotopic (exact) mass is 272 g/mol. The third-order valence-electron chi connectivity index (χ3n) is 2.46. The van der Waals surface area contributed by atoms with E-state index in [4.69, 9.17) is 5.11 Å². The highest BCUT2D eigenvalue weighted by molar-refractivity contribution is 7.89. The van der Waals surface area contributed by atoms with Crippen molar-refractivity contribution in [1.29, 1.82) is 0 Å². The molecule has 0 saturated carbocycles. The van der Waals surface area contributed by atoms with Crippen LogP contribution in [-0.2, 0) is 10.0 Å². The lowest BCUT2D eigenvalue weighted by Gasteiger charge is -2.14. The highest BCUT2D eigenvalue weighted by Crippen LogP contribution is 2.20. The van der Waals surface area contributed by atoms with E-state index < -0.39 is 10.0 Å². The highest BCUT2D eigenvalue weighted by Gasteiger charge is 2.16. The summed E-state index contributed by atoms with van der Waals surface area (Å²) in [4.78, 5) is 0.233. The molecule has 1 aromatic rings. The van der Waals surface area contributed by atoms with Crippen molar-refractivity contribution < 1.29 is 13.5 Å². The molecule has 3 N–H and O–H groups in total. The minimum atomic E-state index is -3.47. The van der Waals surface area contributed by atoms with E-state index >= 15 is 0 Å². The standard InChI is InChI=1S/C12H20N2O3S/c1-3-14-18(16,17)12-7-5-4-6-11(12)13-8-10(2)9-15/h4-7,10,13-15H,3,8-9H2,1-2H3. The zero-order valence-electron chi connectivity index (χ0n) is 10.7. The zero-order chi connectivity index (χ0) is 13.6. The molecule has 0 aromatic heterocycles. The Hall–Kier alpha value is -1.11. The van der Waals surface area contributed by atoms with Crippen LogP contribution in [0.2, 0.25) is 0 Å². The van der Waals surface area contributed by atoms with Crippen LogP contribution in [0.25, 0.3) is 0 Å². The number of anilines is 1. The van der Waals surface area contributed by atoms with E-state index in [0.717, 1.165) is 0 Å². The van der Waals surface area contributed by atoms with Crippen molar-refractivity contribution in [2.75, 3.05) is 25.0 Å². The summed E-state index contributed by atoms with van der Waals surface area (Å²) < 4.78 is 26.4. The molecule has 0 amide bonds. The van der Waals surface area contributed by atoms with E-state index in [9.17, 15) is 8.42 Å². The fraction of sp³-hybridized carbons (Fsp3) is 0.500. The number of aliphatic hydroxyl groups is 1. The molecule has 0 radical (unpaired) electrons. The molecule has 0 fully saturated rings. The summed E-state index contributed by atoms with van der Waals surface area (Å²) in [6, 6.07) is 6.74. The molecule has 1 rings (SSSR count). The maximum atomic E-state index is 12.0. The first kappa shape index (κ1) is 14.9. The van der Waals surface area contributed by atoms with E-state index in [2.05, 4.69) is 10.0 Å². The van der Waals surface area contributed by atoms with Gasteiger partial charge in [-0.05, 0) is 18.1 Å². The summed E-state index contributed by atoms with van der Waals surface area (Å²) >= 11 is 0. The Kier molecular flexibility index (Phi) is 5.58. The van der Waals surface area contributed by atoms with Crippen LogP contribution in [0, 0.1) is 5.92 Å². The van der Waals surface area contributed by atoms with Gasteiger partial charge in [0, 0.05) is 19.7 Å². The van der Waals surface area contributed by atoms with Gasteiger partial charge >= 0.3 is 0 Å². The van der Waals surface area contributed by atoms with Crippen LogP contribution in [0.1, 0.15) is 13.8 Å². The molecule has 0 spiro atoms. The van der Waals surface area contributed by atoms with E-state index in [-0.39, 0.29) is 17.4 Å². The quantitative estimate of drug-likeness (QED) is 0.692. The second-order valence-corrected chi connectivity index (χ2v) is 5.90. The second kappa shape index (κ2) is 6.72. The number of aliphatic hydroxyl groups excluding tert-OH is 1. The normalized spacial score (nSPS) is 13.3. The van der Waals surface area contributed by atoms with Crippen LogP contribution in [0.4, 0.5) is 5.69 Å². The van der Waals surface area contributed by atoms with Crippen LogP contribution in [0.3, 0.4) is 0 Å². The number of hydrogen-bond donors (Lipinski definition) is 3. The Labute approximate surface area is 108 Å². The molecule has 0 aliphatic carbocycles. The predicted molar refractivity (Wildman–Crippen MR) is 72.0 cm³/mol. The zero-order valence-corrected chi connectivity index (χ0v) is 11.5. The van der Waals surface area contributed by atoms with Gasteiger partial charge in [0.1, 0.15) is 4.90 Å². The molecular formula is C12H20N2O3S. The Bertz CT molecular complexity index is 474. The number of nitrogens with one attached hydrogen (secondary N) is 2. The van der Waals surface area contributed by atoms with Gasteiger partial charge in [-0.1, -0.05) is 26.0 Å². The lowest BCUT2D eigenvalue weighted by Crippen LogP contribution is -2.25. The summed E-state index contributed by atoms with van der Waals surface area (Å²) in [7, 11) is -3.47. The number of para-hydroxylation sites is 1. The first-order valence-electron chi connectivity index (χ1n) is 5.94. The third kappa shape index (κ3) is 3.97. The van der Waals surface area contributed by atoms with Gasteiger partial charge in [-0.2, -0.15) is 0 Å². The van der Waals surface area contributed by atoms with E-state index in [0.29, 0.717) is 18.8 Å². The molecule has 6 heteroatoms. The average Bonchev–Trinajstić information content (AvgIpc) is 2.36. The van der Waals surface area contributed by atoms with Gasteiger partial charge in [-0.15, -0.1) is 0 Å². The molecule has 0 heterocycles. The summed E-state index contributed by atoms with van der Waals surface area (Å²) in [6.45, 7) is 4.56. The van der Waals surface area contributed by atoms with E-state index in [1.54, 1.807) is 31.2 Å². The molecule has 18 heavy (non-hydrogen) atoms. The fourth-order valence-electron chi connectivity index (χ4n) is 1.46. The molecule has 0 saturated heterocycles. The Morgan fingerprint density at radius 1 is 1.33 bits per heavy atom. The number of sulfonamides is 1. The van der Waals surface area contributed by atoms with Crippen LogP contribution < -0.4 is 10.0 Å². The van der Waals surface area contributed by atoms with Gasteiger partial charge in [0.2, 0.25) is 10.0 Å². The van der Waals surface area contributed by atoms with Crippen LogP contribution in [-0.4, -0.2) is 33.2 Å². The van der Waals surface area contributed by atoms with Crippen LogP contribution in [0.15, 0.2) is 29.2 Å².